The van der Waals surface area contributed by atoms with Crippen LogP contribution in [0.25, 0.3) is 0 Å². The predicted molar refractivity (Wildman–Crippen MR) is 71.6 cm³/mol. The summed E-state index contributed by atoms with van der Waals surface area (Å²) < 4.78 is 350. The molecule has 0 aliphatic rings. The SMILES string of the molecule is Fc1c(F)[n+](C(F)(F)F)c(F)n1C(F)(F)C(F)(F)C(F)(F)C(F)(F)C(F)(F)C(F)(F)C(F)(F)C(F)(F)C(F)(F)C(F)(F)F.[I-]. The van der Waals surface area contributed by atoms with E-state index in [1.807, 2.05) is 0 Å². The molecular weight excluding hydrogens is 836 g/mol. The zero-order valence-corrected chi connectivity index (χ0v) is 20.6. The minimum Gasteiger partial charge on any atom is -1.00 e. The second kappa shape index (κ2) is 10.5. The number of halogens is 28. The van der Waals surface area contributed by atoms with Crippen LogP contribution in [0.2, 0.25) is 0 Å². The molecule has 0 bridgehead atoms. The number of imidazole rings is 1. The molecule has 0 radical (unpaired) electrons. The van der Waals surface area contributed by atoms with E-state index in [1.54, 1.807) is 0 Å². The molecule has 1 aromatic rings. The zero-order valence-electron chi connectivity index (χ0n) is 18.5. The van der Waals surface area contributed by atoms with Crippen molar-refractivity contribution in [3.8, 4) is 0 Å². The smallest absolute Gasteiger partial charge is 0.572 e. The van der Waals surface area contributed by atoms with Gasteiger partial charge in [0.15, 0.2) is 0 Å². The Morgan fingerprint density at radius 2 is 0.636 bits per heavy atom. The molecule has 44 heavy (non-hydrogen) atoms. The standard InChI is InChI=1S/C14F27N2.HI/c15-1-2(16)43(14(39,40)41)3(17)42(1)13(37,38)11(32,33)9(28,29)7(24,25)5(20,21)4(18,19)6(22,23)8(26,27)10(30,31)12(34,35)36;/h;1H/q+1;/p-1. The monoisotopic (exact) mass is 836 g/mol. The van der Waals surface area contributed by atoms with Gasteiger partial charge in [-0.25, -0.2) is 0 Å². The van der Waals surface area contributed by atoms with E-state index >= 15 is 0 Å². The van der Waals surface area contributed by atoms with Crippen LogP contribution in [0.4, 0.5) is 119 Å². The predicted octanol–water partition coefficient (Wildman–Crippen LogP) is 4.87. The molecule has 0 fully saturated rings. The number of nitrogens with zero attached hydrogens (tertiary/aromatic N) is 2. The van der Waals surface area contributed by atoms with Gasteiger partial charge in [0.05, 0.1) is 0 Å². The minimum absolute atomic E-state index is 0. The Kier molecular flexibility index (Phi) is 10.1. The molecule has 2 nitrogen and oxygen atoms in total. The van der Waals surface area contributed by atoms with Crippen LogP contribution in [0.3, 0.4) is 0 Å². The molecule has 1 rings (SSSR count). The second-order valence-corrected chi connectivity index (χ2v) is 7.62. The minimum atomic E-state index is -9.61. The summed E-state index contributed by atoms with van der Waals surface area (Å²) in [7, 11) is 0. The highest BCUT2D eigenvalue weighted by Crippen LogP contribution is 2.66. The van der Waals surface area contributed by atoms with Gasteiger partial charge in [-0.15, -0.1) is 17.6 Å². The summed E-state index contributed by atoms with van der Waals surface area (Å²) in [4.78, 5) is 0. The number of hydrogen-bond donors (Lipinski definition) is 0. The van der Waals surface area contributed by atoms with E-state index in [-0.39, 0.29) is 24.0 Å². The van der Waals surface area contributed by atoms with Crippen molar-refractivity contribution in [3.63, 3.8) is 0 Å². The normalized spacial score (nSPS) is 15.9. The quantitative estimate of drug-likeness (QED) is 0.191. The lowest BCUT2D eigenvalue weighted by Crippen LogP contribution is -3.00. The average Bonchev–Trinajstić information content (AvgIpc) is 2.99. The third-order valence-electron chi connectivity index (χ3n) is 4.96. The van der Waals surface area contributed by atoms with Crippen LogP contribution in [-0.2, 0) is 12.3 Å². The molecule has 0 saturated carbocycles. The maximum Gasteiger partial charge on any atom is 0.572 e. The van der Waals surface area contributed by atoms with Crippen molar-refractivity contribution in [2.24, 2.45) is 0 Å². The first-order valence-electron chi connectivity index (χ1n) is 8.94. The molecule has 0 unspecified atom stereocenters. The van der Waals surface area contributed by atoms with Gasteiger partial charge in [-0.05, 0) is 0 Å². The van der Waals surface area contributed by atoms with Crippen molar-refractivity contribution in [3.05, 3.63) is 18.0 Å². The van der Waals surface area contributed by atoms with E-state index in [2.05, 4.69) is 0 Å². The summed E-state index contributed by atoms with van der Waals surface area (Å²) in [5.74, 6) is -83.0. The topological polar surface area (TPSA) is 8.81 Å². The molecule has 0 atom stereocenters. The Morgan fingerprint density at radius 1 is 0.386 bits per heavy atom. The van der Waals surface area contributed by atoms with Crippen LogP contribution >= 0.6 is 0 Å². The molecule has 1 heterocycles. The Bertz CT molecular complexity index is 1220. The van der Waals surface area contributed by atoms with E-state index in [1.165, 1.54) is 0 Å². The Morgan fingerprint density at radius 3 is 0.864 bits per heavy atom. The van der Waals surface area contributed by atoms with E-state index in [4.69, 9.17) is 0 Å². The Labute approximate surface area is 236 Å². The summed E-state index contributed by atoms with van der Waals surface area (Å²) in [6, 6.07) is -8.37. The van der Waals surface area contributed by atoms with Gasteiger partial charge in [-0.2, -0.15) is 101 Å². The fraction of sp³-hybridized carbons (Fsp3) is 0.786. The lowest BCUT2D eigenvalue weighted by Gasteiger charge is -2.44. The lowest BCUT2D eigenvalue weighted by molar-refractivity contribution is -0.890. The van der Waals surface area contributed by atoms with Crippen molar-refractivity contribution in [2.75, 3.05) is 0 Å². The first-order valence-corrected chi connectivity index (χ1v) is 8.94. The highest BCUT2D eigenvalue weighted by molar-refractivity contribution is 5.17. The molecule has 1 aromatic heterocycles. The molecule has 0 aliphatic carbocycles. The molecule has 0 aromatic carbocycles. The molecule has 30 heteroatoms. The highest BCUT2D eigenvalue weighted by Gasteiger charge is 2.98. The van der Waals surface area contributed by atoms with E-state index in [9.17, 15) is 119 Å². The van der Waals surface area contributed by atoms with Gasteiger partial charge in [0, 0.05) is 0 Å². The second-order valence-electron chi connectivity index (χ2n) is 7.62. The fourth-order valence-electron chi connectivity index (χ4n) is 2.59. The number of alkyl halides is 24. The van der Waals surface area contributed by atoms with Gasteiger partial charge in [0.1, 0.15) is 0 Å². The van der Waals surface area contributed by atoms with Gasteiger partial charge < -0.3 is 24.0 Å². The number of rotatable bonds is 9. The number of aromatic nitrogens is 2. The first-order chi connectivity index (χ1) is 18.2. The first kappa shape index (κ1) is 42.0. The maximum absolute atomic E-state index is 13.9. The molecule has 0 amide bonds. The van der Waals surface area contributed by atoms with Crippen molar-refractivity contribution in [1.82, 2.24) is 4.57 Å². The van der Waals surface area contributed by atoms with Crippen molar-refractivity contribution in [2.45, 2.75) is 65.9 Å². The van der Waals surface area contributed by atoms with E-state index in [0.717, 1.165) is 0 Å². The van der Waals surface area contributed by atoms with Gasteiger partial charge in [0.2, 0.25) is 0 Å². The summed E-state index contributed by atoms with van der Waals surface area (Å²) in [6.07, 6.45) is -19.7. The van der Waals surface area contributed by atoms with E-state index < -0.39 is 93.0 Å². The van der Waals surface area contributed by atoms with Crippen molar-refractivity contribution < 1.29 is 147 Å². The molecule has 0 N–H and O–H groups in total. The van der Waals surface area contributed by atoms with Gasteiger partial charge >= 0.3 is 83.9 Å². The molecular formula is C14F27IN2. The third-order valence-corrected chi connectivity index (χ3v) is 4.96. The van der Waals surface area contributed by atoms with Crippen LogP contribution in [0, 0.1) is 18.0 Å². The number of hydrogen-bond acceptors (Lipinski definition) is 0. The fourth-order valence-corrected chi connectivity index (χ4v) is 2.59. The highest BCUT2D eigenvalue weighted by atomic mass is 127. The van der Waals surface area contributed by atoms with Crippen LogP contribution in [0.15, 0.2) is 0 Å². The van der Waals surface area contributed by atoms with Crippen molar-refractivity contribution in [1.29, 1.82) is 0 Å². The van der Waals surface area contributed by atoms with Crippen molar-refractivity contribution >= 4 is 0 Å². The molecule has 0 spiro atoms. The van der Waals surface area contributed by atoms with Crippen LogP contribution in [-0.4, -0.2) is 58.1 Å². The van der Waals surface area contributed by atoms with Crippen LogP contribution in [0.1, 0.15) is 0 Å². The van der Waals surface area contributed by atoms with Crippen LogP contribution in [0.5, 0.6) is 0 Å². The summed E-state index contributed by atoms with van der Waals surface area (Å²) in [5.41, 5.74) is 0. The Balaban J connectivity index is 0.0000185. The molecule has 0 saturated heterocycles. The molecule has 0 aliphatic heterocycles. The van der Waals surface area contributed by atoms with Gasteiger partial charge in [-0.1, -0.05) is 9.13 Å². The molecule has 262 valence electrons. The summed E-state index contributed by atoms with van der Waals surface area (Å²) in [5, 5.41) is 0. The summed E-state index contributed by atoms with van der Waals surface area (Å²) >= 11 is 0. The van der Waals surface area contributed by atoms with Gasteiger partial charge in [0.25, 0.3) is 0 Å². The van der Waals surface area contributed by atoms with Gasteiger partial charge in [-0.3, -0.25) is 0 Å². The third kappa shape index (κ3) is 4.95. The lowest BCUT2D eigenvalue weighted by atomic mass is 9.87. The van der Waals surface area contributed by atoms with E-state index in [0.29, 0.717) is 0 Å². The summed E-state index contributed by atoms with van der Waals surface area (Å²) in [6.45, 7) is 0. The largest absolute Gasteiger partial charge is 1.00 e. The average molecular weight is 836 g/mol. The Hall–Kier alpha value is -1.95. The van der Waals surface area contributed by atoms with Crippen LogP contribution < -0.4 is 28.5 Å². The zero-order chi connectivity index (χ0) is 35.4. The maximum atomic E-state index is 13.9.